The van der Waals surface area contributed by atoms with Gasteiger partial charge in [0.2, 0.25) is 0 Å². The second-order valence-electron chi connectivity index (χ2n) is 6.55. The fourth-order valence-corrected chi connectivity index (χ4v) is 2.81. The average Bonchev–Trinajstić information content (AvgIpc) is 3.45. The first kappa shape index (κ1) is 16.4. The van der Waals surface area contributed by atoms with Crippen LogP contribution < -0.4 is 14.8 Å². The van der Waals surface area contributed by atoms with Gasteiger partial charge >= 0.3 is 5.97 Å². The van der Waals surface area contributed by atoms with Crippen molar-refractivity contribution < 1.29 is 24.2 Å². The van der Waals surface area contributed by atoms with Crippen LogP contribution >= 0.6 is 0 Å². The highest BCUT2D eigenvalue weighted by Crippen LogP contribution is 2.32. The van der Waals surface area contributed by atoms with Crippen LogP contribution in [0, 0.1) is 5.92 Å². The monoisotopic (exact) mass is 354 g/mol. The van der Waals surface area contributed by atoms with Crippen molar-refractivity contribution >= 4 is 11.9 Å². The number of hydrogen-bond donors (Lipinski definition) is 2. The SMILES string of the molecule is O=C(NC1CC1)c1cc(Oc2ccc3c(c2)CC(C(=O)O)CO3)ccn1. The van der Waals surface area contributed by atoms with E-state index in [0.29, 0.717) is 29.4 Å². The first-order chi connectivity index (χ1) is 12.6. The smallest absolute Gasteiger partial charge is 0.310 e. The van der Waals surface area contributed by atoms with Crippen molar-refractivity contribution in [2.45, 2.75) is 25.3 Å². The molecule has 1 saturated carbocycles. The topological polar surface area (TPSA) is 97.8 Å². The molecule has 4 rings (SSSR count). The quantitative estimate of drug-likeness (QED) is 0.856. The molecule has 2 heterocycles. The Morgan fingerprint density at radius 1 is 1.19 bits per heavy atom. The number of amides is 1. The third-order valence-corrected chi connectivity index (χ3v) is 4.40. The molecule has 1 aromatic carbocycles. The van der Waals surface area contributed by atoms with Crippen LogP contribution in [0.2, 0.25) is 0 Å². The maximum absolute atomic E-state index is 12.1. The summed E-state index contributed by atoms with van der Waals surface area (Å²) in [4.78, 5) is 27.3. The number of hydrogen-bond acceptors (Lipinski definition) is 5. The van der Waals surface area contributed by atoms with Gasteiger partial charge in [0, 0.05) is 18.3 Å². The van der Waals surface area contributed by atoms with Gasteiger partial charge in [-0.25, -0.2) is 0 Å². The maximum atomic E-state index is 12.1. The van der Waals surface area contributed by atoms with E-state index in [9.17, 15) is 9.59 Å². The van der Waals surface area contributed by atoms with Crippen molar-refractivity contribution in [3.05, 3.63) is 47.8 Å². The highest BCUT2D eigenvalue weighted by atomic mass is 16.5. The second kappa shape index (κ2) is 6.67. The minimum absolute atomic E-state index is 0.173. The Morgan fingerprint density at radius 2 is 2.00 bits per heavy atom. The molecule has 134 valence electrons. The summed E-state index contributed by atoms with van der Waals surface area (Å²) >= 11 is 0. The molecule has 1 atom stereocenters. The summed E-state index contributed by atoms with van der Waals surface area (Å²) in [6, 6.07) is 8.82. The molecule has 7 heteroatoms. The molecular formula is C19H18N2O5. The highest BCUT2D eigenvalue weighted by Gasteiger charge is 2.26. The highest BCUT2D eigenvalue weighted by molar-refractivity contribution is 5.93. The fraction of sp³-hybridized carbons (Fsp3) is 0.316. The number of aliphatic carboxylic acids is 1. The Bertz CT molecular complexity index is 863. The second-order valence-corrected chi connectivity index (χ2v) is 6.55. The zero-order chi connectivity index (χ0) is 18.1. The number of nitrogens with zero attached hydrogens (tertiary/aromatic N) is 1. The maximum Gasteiger partial charge on any atom is 0.310 e. The molecule has 26 heavy (non-hydrogen) atoms. The molecular weight excluding hydrogens is 336 g/mol. The van der Waals surface area contributed by atoms with E-state index in [1.807, 2.05) is 0 Å². The van der Waals surface area contributed by atoms with Crippen LogP contribution in [0.4, 0.5) is 0 Å². The van der Waals surface area contributed by atoms with E-state index in [1.54, 1.807) is 30.3 Å². The van der Waals surface area contributed by atoms with Crippen LogP contribution in [-0.4, -0.2) is 34.6 Å². The van der Waals surface area contributed by atoms with Crippen molar-refractivity contribution in [3.63, 3.8) is 0 Å². The van der Waals surface area contributed by atoms with Crippen LogP contribution in [0.3, 0.4) is 0 Å². The van der Waals surface area contributed by atoms with Gasteiger partial charge in [0.1, 0.15) is 29.5 Å². The molecule has 1 unspecified atom stereocenters. The molecule has 1 fully saturated rings. The molecule has 1 amide bonds. The van der Waals surface area contributed by atoms with Crippen molar-refractivity contribution in [3.8, 4) is 17.2 Å². The Balaban J connectivity index is 1.50. The Labute approximate surface area is 150 Å². The minimum atomic E-state index is -0.873. The standard InChI is InChI=1S/C19H18N2O5/c22-18(21-13-1-2-13)16-9-15(5-6-20-16)26-14-3-4-17-11(8-14)7-12(10-25-17)19(23)24/h3-6,8-9,12-13H,1-2,7,10H2,(H,21,22)(H,23,24). The number of nitrogens with one attached hydrogen (secondary N) is 1. The fourth-order valence-electron chi connectivity index (χ4n) is 2.81. The third-order valence-electron chi connectivity index (χ3n) is 4.40. The van der Waals surface area contributed by atoms with Crippen molar-refractivity contribution in [1.82, 2.24) is 10.3 Å². The van der Waals surface area contributed by atoms with E-state index in [-0.39, 0.29) is 18.6 Å². The van der Waals surface area contributed by atoms with Crippen molar-refractivity contribution in [2.24, 2.45) is 5.92 Å². The number of carboxylic acids is 1. The number of rotatable bonds is 5. The Hall–Kier alpha value is -3.09. The predicted octanol–water partition coefficient (Wildman–Crippen LogP) is 2.40. The molecule has 0 radical (unpaired) electrons. The number of ether oxygens (including phenoxy) is 2. The van der Waals surface area contributed by atoms with Gasteiger partial charge in [0.15, 0.2) is 0 Å². The van der Waals surface area contributed by atoms with Crippen molar-refractivity contribution in [2.75, 3.05) is 6.61 Å². The van der Waals surface area contributed by atoms with Gasteiger partial charge in [-0.3, -0.25) is 14.6 Å². The van der Waals surface area contributed by atoms with Crippen LogP contribution in [0.5, 0.6) is 17.2 Å². The summed E-state index contributed by atoms with van der Waals surface area (Å²) in [6.45, 7) is 0.173. The number of carbonyl (C=O) groups excluding carboxylic acids is 1. The first-order valence-electron chi connectivity index (χ1n) is 8.52. The number of aromatic nitrogens is 1. The van der Waals surface area contributed by atoms with Gasteiger partial charge in [0.25, 0.3) is 5.91 Å². The van der Waals surface area contributed by atoms with Gasteiger partial charge in [-0.05, 0) is 49.1 Å². The van der Waals surface area contributed by atoms with Crippen LogP contribution in [0.1, 0.15) is 28.9 Å². The van der Waals surface area contributed by atoms with E-state index < -0.39 is 11.9 Å². The Morgan fingerprint density at radius 3 is 2.77 bits per heavy atom. The Kier molecular flexibility index (Phi) is 4.20. The zero-order valence-corrected chi connectivity index (χ0v) is 14.0. The minimum Gasteiger partial charge on any atom is -0.492 e. The van der Waals surface area contributed by atoms with Gasteiger partial charge < -0.3 is 19.9 Å². The predicted molar refractivity (Wildman–Crippen MR) is 91.6 cm³/mol. The van der Waals surface area contributed by atoms with E-state index in [4.69, 9.17) is 14.6 Å². The van der Waals surface area contributed by atoms with Gasteiger partial charge in [-0.1, -0.05) is 0 Å². The molecule has 2 aliphatic rings. The van der Waals surface area contributed by atoms with Crippen molar-refractivity contribution in [1.29, 1.82) is 0 Å². The largest absolute Gasteiger partial charge is 0.492 e. The van der Waals surface area contributed by atoms with Gasteiger partial charge in [-0.2, -0.15) is 0 Å². The average molecular weight is 354 g/mol. The lowest BCUT2D eigenvalue weighted by Gasteiger charge is -2.23. The number of pyridine rings is 1. The molecule has 1 aliphatic carbocycles. The summed E-state index contributed by atoms with van der Waals surface area (Å²) in [5.74, 6) is 0.0829. The molecule has 2 aromatic rings. The lowest BCUT2D eigenvalue weighted by Crippen LogP contribution is -2.27. The van der Waals surface area contributed by atoms with Crippen LogP contribution in [0.25, 0.3) is 0 Å². The van der Waals surface area contributed by atoms with Gasteiger partial charge in [0.05, 0.1) is 5.92 Å². The van der Waals surface area contributed by atoms with E-state index >= 15 is 0 Å². The summed E-state index contributed by atoms with van der Waals surface area (Å²) < 4.78 is 11.3. The van der Waals surface area contributed by atoms with E-state index in [0.717, 1.165) is 18.4 Å². The van der Waals surface area contributed by atoms with Gasteiger partial charge in [-0.15, -0.1) is 0 Å². The summed E-state index contributed by atoms with van der Waals surface area (Å²) in [7, 11) is 0. The molecule has 0 spiro atoms. The van der Waals surface area contributed by atoms with Crippen LogP contribution in [0.15, 0.2) is 36.5 Å². The summed E-state index contributed by atoms with van der Waals surface area (Å²) in [5, 5.41) is 12.1. The van der Waals surface area contributed by atoms with Crippen LogP contribution in [-0.2, 0) is 11.2 Å². The molecule has 0 bridgehead atoms. The van der Waals surface area contributed by atoms with E-state index in [2.05, 4.69) is 10.3 Å². The molecule has 0 saturated heterocycles. The summed E-state index contributed by atoms with van der Waals surface area (Å²) in [5.41, 5.74) is 1.10. The number of benzene rings is 1. The normalized spacial score (nSPS) is 18.4. The molecule has 1 aliphatic heterocycles. The lowest BCUT2D eigenvalue weighted by atomic mass is 9.97. The number of carboxylic acid groups (broad SMARTS) is 1. The first-order valence-corrected chi connectivity index (χ1v) is 8.52. The number of carbonyl (C=O) groups is 2. The molecule has 7 nitrogen and oxygen atoms in total. The molecule has 1 aromatic heterocycles. The number of fused-ring (bicyclic) bond motifs is 1. The summed E-state index contributed by atoms with van der Waals surface area (Å²) in [6.07, 6.45) is 3.94. The lowest BCUT2D eigenvalue weighted by molar-refractivity contribution is -0.143. The van der Waals surface area contributed by atoms with E-state index in [1.165, 1.54) is 6.20 Å². The molecule has 2 N–H and O–H groups in total. The zero-order valence-electron chi connectivity index (χ0n) is 14.0. The third kappa shape index (κ3) is 3.61.